The fourth-order valence-corrected chi connectivity index (χ4v) is 5.90. The average Bonchev–Trinajstić information content (AvgIpc) is 3.38. The number of ether oxygens (including phenoxy) is 1. The van der Waals surface area contributed by atoms with Crippen molar-refractivity contribution in [2.75, 3.05) is 25.0 Å². The van der Waals surface area contributed by atoms with Gasteiger partial charge in [0.2, 0.25) is 15.9 Å². The summed E-state index contributed by atoms with van der Waals surface area (Å²) in [5.74, 6) is -0.425. The number of thiazole rings is 1. The topological polar surface area (TPSA) is 88.6 Å². The van der Waals surface area contributed by atoms with Crippen LogP contribution in [0.1, 0.15) is 18.5 Å². The lowest BCUT2D eigenvalue weighted by Crippen LogP contribution is -2.42. The average molecular weight is 446 g/mol. The van der Waals surface area contributed by atoms with E-state index in [0.717, 1.165) is 23.9 Å². The SMILES string of the molecule is Cc1csc(NC(=O)CN(CC2CCCO2)S(=O)(=O)c2cccc3ccccc23)n1. The molecule has 0 saturated carbocycles. The van der Waals surface area contributed by atoms with Crippen LogP contribution in [0.25, 0.3) is 10.8 Å². The minimum Gasteiger partial charge on any atom is -0.377 e. The van der Waals surface area contributed by atoms with Crippen LogP contribution in [0, 0.1) is 6.92 Å². The summed E-state index contributed by atoms with van der Waals surface area (Å²) < 4.78 is 34.1. The Balaban J connectivity index is 1.64. The minimum atomic E-state index is -3.92. The van der Waals surface area contributed by atoms with E-state index in [2.05, 4.69) is 10.3 Å². The smallest absolute Gasteiger partial charge is 0.244 e. The number of rotatable bonds is 7. The number of fused-ring (bicyclic) bond motifs is 1. The molecule has 2 heterocycles. The van der Waals surface area contributed by atoms with E-state index in [-0.39, 0.29) is 24.1 Å². The molecule has 1 amide bonds. The zero-order chi connectivity index (χ0) is 21.1. The van der Waals surface area contributed by atoms with Gasteiger partial charge in [-0.2, -0.15) is 4.31 Å². The Morgan fingerprint density at radius 1 is 1.27 bits per heavy atom. The Morgan fingerprint density at radius 2 is 2.07 bits per heavy atom. The van der Waals surface area contributed by atoms with Gasteiger partial charge < -0.3 is 10.1 Å². The molecule has 1 atom stereocenters. The molecule has 2 aromatic carbocycles. The molecule has 0 spiro atoms. The third-order valence-electron chi connectivity index (χ3n) is 4.98. The van der Waals surface area contributed by atoms with Crippen molar-refractivity contribution in [3.63, 3.8) is 0 Å². The fourth-order valence-electron chi connectivity index (χ4n) is 3.55. The van der Waals surface area contributed by atoms with E-state index in [0.29, 0.717) is 17.1 Å². The first-order valence-corrected chi connectivity index (χ1v) is 12.1. The van der Waals surface area contributed by atoms with Crippen LogP contribution in [0.2, 0.25) is 0 Å². The number of carbonyl (C=O) groups is 1. The van der Waals surface area contributed by atoms with Gasteiger partial charge in [-0.15, -0.1) is 11.3 Å². The third kappa shape index (κ3) is 4.54. The summed E-state index contributed by atoms with van der Waals surface area (Å²) in [6.45, 7) is 2.28. The van der Waals surface area contributed by atoms with Crippen LogP contribution >= 0.6 is 11.3 Å². The van der Waals surface area contributed by atoms with Crippen molar-refractivity contribution in [1.82, 2.24) is 9.29 Å². The van der Waals surface area contributed by atoms with Gasteiger partial charge in [-0.1, -0.05) is 36.4 Å². The molecule has 9 heteroatoms. The van der Waals surface area contributed by atoms with Crippen molar-refractivity contribution in [2.24, 2.45) is 0 Å². The van der Waals surface area contributed by atoms with Crippen LogP contribution in [0.15, 0.2) is 52.7 Å². The summed E-state index contributed by atoms with van der Waals surface area (Å²) in [6, 6.07) is 12.5. The molecular formula is C21H23N3O4S2. The second-order valence-electron chi connectivity index (χ2n) is 7.25. The van der Waals surface area contributed by atoms with Gasteiger partial charge in [0, 0.05) is 23.9 Å². The number of nitrogens with one attached hydrogen (secondary N) is 1. The van der Waals surface area contributed by atoms with Crippen molar-refractivity contribution in [3.8, 4) is 0 Å². The van der Waals surface area contributed by atoms with Crippen LogP contribution in [0.4, 0.5) is 5.13 Å². The molecular weight excluding hydrogens is 422 g/mol. The highest BCUT2D eigenvalue weighted by atomic mass is 32.2. The van der Waals surface area contributed by atoms with Crippen LogP contribution in [0.3, 0.4) is 0 Å². The van der Waals surface area contributed by atoms with E-state index in [4.69, 9.17) is 4.74 Å². The van der Waals surface area contributed by atoms with E-state index < -0.39 is 15.9 Å². The lowest BCUT2D eigenvalue weighted by Gasteiger charge is -2.25. The molecule has 1 fully saturated rings. The molecule has 30 heavy (non-hydrogen) atoms. The van der Waals surface area contributed by atoms with E-state index in [1.807, 2.05) is 36.6 Å². The number of carbonyl (C=O) groups excluding carboxylic acids is 1. The van der Waals surface area contributed by atoms with Gasteiger partial charge in [0.05, 0.1) is 23.2 Å². The molecule has 1 N–H and O–H groups in total. The highest BCUT2D eigenvalue weighted by molar-refractivity contribution is 7.89. The first-order chi connectivity index (χ1) is 14.4. The summed E-state index contributed by atoms with van der Waals surface area (Å²) in [7, 11) is -3.92. The molecule has 0 bridgehead atoms. The lowest BCUT2D eigenvalue weighted by molar-refractivity contribution is -0.116. The zero-order valence-corrected chi connectivity index (χ0v) is 18.2. The minimum absolute atomic E-state index is 0.135. The summed E-state index contributed by atoms with van der Waals surface area (Å²) >= 11 is 1.31. The number of aryl methyl sites for hydroxylation is 1. The van der Waals surface area contributed by atoms with E-state index in [1.54, 1.807) is 18.2 Å². The molecule has 7 nitrogen and oxygen atoms in total. The lowest BCUT2D eigenvalue weighted by atomic mass is 10.1. The van der Waals surface area contributed by atoms with Gasteiger partial charge in [0.1, 0.15) is 0 Å². The number of nitrogens with zero attached hydrogens (tertiary/aromatic N) is 2. The van der Waals surface area contributed by atoms with Crippen molar-refractivity contribution in [3.05, 3.63) is 53.5 Å². The van der Waals surface area contributed by atoms with Crippen LogP contribution in [0.5, 0.6) is 0 Å². The van der Waals surface area contributed by atoms with Crippen molar-refractivity contribution in [1.29, 1.82) is 0 Å². The predicted molar refractivity (Wildman–Crippen MR) is 117 cm³/mol. The van der Waals surface area contributed by atoms with Gasteiger partial charge in [0.25, 0.3) is 0 Å². The molecule has 1 saturated heterocycles. The van der Waals surface area contributed by atoms with Gasteiger partial charge in [-0.05, 0) is 31.2 Å². The quantitative estimate of drug-likeness (QED) is 0.602. The van der Waals surface area contributed by atoms with E-state index in [1.165, 1.54) is 15.6 Å². The van der Waals surface area contributed by atoms with Gasteiger partial charge in [-0.25, -0.2) is 13.4 Å². The molecule has 0 radical (unpaired) electrons. The molecule has 1 aliphatic heterocycles. The van der Waals surface area contributed by atoms with Gasteiger partial charge in [-0.3, -0.25) is 4.79 Å². The number of hydrogen-bond donors (Lipinski definition) is 1. The first-order valence-electron chi connectivity index (χ1n) is 9.75. The summed E-state index contributed by atoms with van der Waals surface area (Å²) in [5, 5.41) is 6.45. The zero-order valence-electron chi connectivity index (χ0n) is 16.6. The second kappa shape index (κ2) is 8.81. The molecule has 3 aromatic rings. The maximum Gasteiger partial charge on any atom is 0.244 e. The number of hydrogen-bond acceptors (Lipinski definition) is 6. The maximum absolute atomic E-state index is 13.6. The Morgan fingerprint density at radius 3 is 2.80 bits per heavy atom. The first kappa shape index (κ1) is 20.9. The van der Waals surface area contributed by atoms with E-state index in [9.17, 15) is 13.2 Å². The number of anilines is 1. The second-order valence-corrected chi connectivity index (χ2v) is 10.0. The molecule has 1 unspecified atom stereocenters. The third-order valence-corrected chi connectivity index (χ3v) is 7.73. The maximum atomic E-state index is 13.6. The highest BCUT2D eigenvalue weighted by Gasteiger charge is 2.32. The molecule has 0 aliphatic carbocycles. The predicted octanol–water partition coefficient (Wildman–Crippen LogP) is 3.41. The Bertz CT molecular complexity index is 1150. The van der Waals surface area contributed by atoms with Crippen molar-refractivity contribution in [2.45, 2.75) is 30.8 Å². The molecule has 158 valence electrons. The Kier molecular flexibility index (Phi) is 6.14. The highest BCUT2D eigenvalue weighted by Crippen LogP contribution is 2.27. The largest absolute Gasteiger partial charge is 0.377 e. The summed E-state index contributed by atoms with van der Waals surface area (Å²) in [5.41, 5.74) is 0.801. The fraction of sp³-hybridized carbons (Fsp3) is 0.333. The number of amides is 1. The van der Waals surface area contributed by atoms with Crippen molar-refractivity contribution < 1.29 is 17.9 Å². The molecule has 1 aromatic heterocycles. The van der Waals surface area contributed by atoms with Crippen molar-refractivity contribution >= 4 is 43.2 Å². The summed E-state index contributed by atoms with van der Waals surface area (Å²) in [4.78, 5) is 17.1. The number of aromatic nitrogens is 1. The monoisotopic (exact) mass is 445 g/mol. The summed E-state index contributed by atoms with van der Waals surface area (Å²) in [6.07, 6.45) is 1.44. The molecule has 1 aliphatic rings. The van der Waals surface area contributed by atoms with Crippen LogP contribution < -0.4 is 5.32 Å². The number of benzene rings is 2. The van der Waals surface area contributed by atoms with Crippen LogP contribution in [-0.4, -0.2) is 49.4 Å². The normalized spacial score (nSPS) is 16.9. The standard InChI is InChI=1S/C21H23N3O4S2/c1-15-14-29-21(22-15)23-20(25)13-24(12-17-8-5-11-28-17)30(26,27)19-10-4-7-16-6-2-3-9-18(16)19/h2-4,6-7,9-10,14,17H,5,8,11-13H2,1H3,(H,22,23,25). The van der Waals surface area contributed by atoms with Gasteiger partial charge in [0.15, 0.2) is 5.13 Å². The molecule has 4 rings (SSSR count). The number of sulfonamides is 1. The van der Waals surface area contributed by atoms with Crippen LogP contribution in [-0.2, 0) is 19.6 Å². The Labute approximate surface area is 179 Å². The Hall–Kier alpha value is -2.33. The van der Waals surface area contributed by atoms with E-state index >= 15 is 0 Å². The van der Waals surface area contributed by atoms with Gasteiger partial charge >= 0.3 is 0 Å².